The maximum absolute atomic E-state index is 9.43. The molecule has 4 heteroatoms. The van der Waals surface area contributed by atoms with Crippen molar-refractivity contribution in [1.29, 1.82) is 0 Å². The average molecular weight is 239 g/mol. The standard InChI is InChI=1S/C13H21NO3/c1-9-6-13(17-4)10(2)5-12(9)14(3)7-11(16)8-15/h5-6,11,15-16H,7-8H2,1-4H3. The van der Waals surface area contributed by atoms with Crippen LogP contribution in [0.15, 0.2) is 12.1 Å². The fourth-order valence-corrected chi connectivity index (χ4v) is 1.88. The van der Waals surface area contributed by atoms with Crippen molar-refractivity contribution in [2.45, 2.75) is 20.0 Å². The topological polar surface area (TPSA) is 52.9 Å². The molecule has 1 aromatic rings. The third-order valence-electron chi connectivity index (χ3n) is 2.82. The zero-order chi connectivity index (χ0) is 13.0. The Kier molecular flexibility index (Phi) is 4.78. The van der Waals surface area contributed by atoms with Gasteiger partial charge in [-0.15, -0.1) is 0 Å². The van der Waals surface area contributed by atoms with Gasteiger partial charge < -0.3 is 19.8 Å². The summed E-state index contributed by atoms with van der Waals surface area (Å²) in [7, 11) is 3.55. The number of likely N-dealkylation sites (N-methyl/N-ethyl adjacent to an activating group) is 1. The molecule has 17 heavy (non-hydrogen) atoms. The molecular weight excluding hydrogens is 218 g/mol. The van der Waals surface area contributed by atoms with Crippen molar-refractivity contribution >= 4 is 5.69 Å². The first-order valence-corrected chi connectivity index (χ1v) is 5.65. The van der Waals surface area contributed by atoms with E-state index >= 15 is 0 Å². The highest BCUT2D eigenvalue weighted by molar-refractivity contribution is 5.58. The van der Waals surface area contributed by atoms with Gasteiger partial charge in [0.2, 0.25) is 0 Å². The van der Waals surface area contributed by atoms with Gasteiger partial charge >= 0.3 is 0 Å². The van der Waals surface area contributed by atoms with E-state index in [0.29, 0.717) is 6.54 Å². The summed E-state index contributed by atoms with van der Waals surface area (Å²) in [6.45, 7) is 4.17. The van der Waals surface area contributed by atoms with Crippen LogP contribution in [0.4, 0.5) is 5.69 Å². The number of aryl methyl sites for hydroxylation is 2. The Morgan fingerprint density at radius 2 is 1.94 bits per heavy atom. The lowest BCUT2D eigenvalue weighted by Crippen LogP contribution is -2.31. The molecule has 0 aliphatic carbocycles. The zero-order valence-corrected chi connectivity index (χ0v) is 10.9. The number of anilines is 1. The van der Waals surface area contributed by atoms with Crippen LogP contribution < -0.4 is 9.64 Å². The van der Waals surface area contributed by atoms with E-state index in [0.717, 1.165) is 22.6 Å². The van der Waals surface area contributed by atoms with Crippen molar-refractivity contribution in [3.8, 4) is 5.75 Å². The van der Waals surface area contributed by atoms with Crippen molar-refractivity contribution in [1.82, 2.24) is 0 Å². The summed E-state index contributed by atoms with van der Waals surface area (Å²) in [5.74, 6) is 0.863. The molecule has 1 rings (SSSR count). The van der Waals surface area contributed by atoms with E-state index in [-0.39, 0.29) is 6.61 Å². The number of rotatable bonds is 5. The molecule has 0 saturated carbocycles. The van der Waals surface area contributed by atoms with Gasteiger partial charge in [-0.1, -0.05) is 0 Å². The Morgan fingerprint density at radius 3 is 2.47 bits per heavy atom. The highest BCUT2D eigenvalue weighted by Crippen LogP contribution is 2.28. The number of aliphatic hydroxyl groups is 2. The van der Waals surface area contributed by atoms with Crippen molar-refractivity contribution < 1.29 is 14.9 Å². The van der Waals surface area contributed by atoms with Crippen LogP contribution in [-0.4, -0.2) is 43.6 Å². The van der Waals surface area contributed by atoms with E-state index in [1.165, 1.54) is 0 Å². The molecule has 0 spiro atoms. The van der Waals surface area contributed by atoms with Crippen LogP contribution in [0, 0.1) is 13.8 Å². The lowest BCUT2D eigenvalue weighted by Gasteiger charge is -2.24. The SMILES string of the molecule is COc1cc(C)c(N(C)CC(O)CO)cc1C. The number of aliphatic hydroxyl groups excluding tert-OH is 2. The molecule has 1 atom stereocenters. The maximum Gasteiger partial charge on any atom is 0.122 e. The molecule has 0 aliphatic heterocycles. The molecule has 1 aromatic carbocycles. The molecule has 96 valence electrons. The van der Waals surface area contributed by atoms with Gasteiger partial charge in [0.25, 0.3) is 0 Å². The molecule has 0 fully saturated rings. The van der Waals surface area contributed by atoms with Crippen molar-refractivity contribution in [2.75, 3.05) is 32.2 Å². The van der Waals surface area contributed by atoms with Gasteiger partial charge in [0.15, 0.2) is 0 Å². The van der Waals surface area contributed by atoms with E-state index in [9.17, 15) is 5.11 Å². The van der Waals surface area contributed by atoms with Crippen LogP contribution in [0.2, 0.25) is 0 Å². The van der Waals surface area contributed by atoms with Gasteiger partial charge in [0.05, 0.1) is 19.8 Å². The molecule has 0 bridgehead atoms. The molecule has 2 N–H and O–H groups in total. The number of benzene rings is 1. The molecule has 0 heterocycles. The predicted octanol–water partition coefficient (Wildman–Crippen LogP) is 1.10. The first kappa shape index (κ1) is 13.8. The van der Waals surface area contributed by atoms with E-state index in [1.807, 2.05) is 37.9 Å². The van der Waals surface area contributed by atoms with Crippen LogP contribution >= 0.6 is 0 Å². The van der Waals surface area contributed by atoms with E-state index in [4.69, 9.17) is 9.84 Å². The van der Waals surface area contributed by atoms with Gasteiger partial charge in [-0.25, -0.2) is 0 Å². The minimum Gasteiger partial charge on any atom is -0.496 e. The Labute approximate surface area is 102 Å². The number of hydrogen-bond acceptors (Lipinski definition) is 4. The predicted molar refractivity (Wildman–Crippen MR) is 68.8 cm³/mol. The molecule has 0 aliphatic rings. The van der Waals surface area contributed by atoms with Gasteiger partial charge in [0, 0.05) is 19.3 Å². The Hall–Kier alpha value is -1.26. The van der Waals surface area contributed by atoms with E-state index in [1.54, 1.807) is 7.11 Å². The third-order valence-corrected chi connectivity index (χ3v) is 2.82. The highest BCUT2D eigenvalue weighted by atomic mass is 16.5. The number of hydrogen-bond donors (Lipinski definition) is 2. The van der Waals surface area contributed by atoms with Crippen molar-refractivity contribution in [3.05, 3.63) is 23.3 Å². The molecule has 0 radical (unpaired) electrons. The van der Waals surface area contributed by atoms with Crippen LogP contribution in [-0.2, 0) is 0 Å². The summed E-state index contributed by atoms with van der Waals surface area (Å²) in [4.78, 5) is 1.93. The van der Waals surface area contributed by atoms with Crippen molar-refractivity contribution in [2.24, 2.45) is 0 Å². The monoisotopic (exact) mass is 239 g/mol. The Balaban J connectivity index is 2.94. The second kappa shape index (κ2) is 5.89. The summed E-state index contributed by atoms with van der Waals surface area (Å²) >= 11 is 0. The fourth-order valence-electron chi connectivity index (χ4n) is 1.88. The number of nitrogens with zero attached hydrogens (tertiary/aromatic N) is 1. The van der Waals surface area contributed by atoms with Crippen LogP contribution in [0.3, 0.4) is 0 Å². The van der Waals surface area contributed by atoms with Crippen LogP contribution in [0.1, 0.15) is 11.1 Å². The smallest absolute Gasteiger partial charge is 0.122 e. The molecular formula is C13H21NO3. The number of ether oxygens (including phenoxy) is 1. The third kappa shape index (κ3) is 3.35. The Morgan fingerprint density at radius 1 is 1.29 bits per heavy atom. The first-order valence-electron chi connectivity index (χ1n) is 5.65. The first-order chi connectivity index (χ1) is 7.99. The summed E-state index contributed by atoms with van der Waals surface area (Å²) in [6, 6.07) is 4.00. The average Bonchev–Trinajstić information content (AvgIpc) is 2.31. The fraction of sp³-hybridized carbons (Fsp3) is 0.538. The summed E-state index contributed by atoms with van der Waals surface area (Å²) in [5, 5.41) is 18.3. The summed E-state index contributed by atoms with van der Waals surface area (Å²) in [6.07, 6.45) is -0.721. The lowest BCUT2D eigenvalue weighted by molar-refractivity contribution is 0.101. The highest BCUT2D eigenvalue weighted by Gasteiger charge is 2.12. The molecule has 0 saturated heterocycles. The second-order valence-corrected chi connectivity index (χ2v) is 4.33. The minimum absolute atomic E-state index is 0.224. The second-order valence-electron chi connectivity index (χ2n) is 4.33. The lowest BCUT2D eigenvalue weighted by atomic mass is 10.1. The van der Waals surface area contributed by atoms with Crippen LogP contribution in [0.25, 0.3) is 0 Å². The van der Waals surface area contributed by atoms with E-state index < -0.39 is 6.10 Å². The van der Waals surface area contributed by atoms with Crippen molar-refractivity contribution in [3.63, 3.8) is 0 Å². The quantitative estimate of drug-likeness (QED) is 0.808. The Bertz CT molecular complexity index is 379. The molecule has 0 amide bonds. The van der Waals surface area contributed by atoms with Gasteiger partial charge in [0.1, 0.15) is 5.75 Å². The maximum atomic E-state index is 9.43. The summed E-state index contributed by atoms with van der Waals surface area (Å²) < 4.78 is 5.25. The minimum atomic E-state index is -0.721. The normalized spacial score (nSPS) is 12.4. The van der Waals surface area contributed by atoms with Gasteiger partial charge in [-0.2, -0.15) is 0 Å². The number of methoxy groups -OCH3 is 1. The molecule has 0 aromatic heterocycles. The van der Waals surface area contributed by atoms with Crippen LogP contribution in [0.5, 0.6) is 5.75 Å². The summed E-state index contributed by atoms with van der Waals surface area (Å²) in [5.41, 5.74) is 3.18. The largest absolute Gasteiger partial charge is 0.496 e. The van der Waals surface area contributed by atoms with Gasteiger partial charge in [-0.05, 0) is 37.1 Å². The molecule has 4 nitrogen and oxygen atoms in total. The molecule has 1 unspecified atom stereocenters. The van der Waals surface area contributed by atoms with E-state index in [2.05, 4.69) is 0 Å². The zero-order valence-electron chi connectivity index (χ0n) is 10.9. The van der Waals surface area contributed by atoms with Gasteiger partial charge in [-0.3, -0.25) is 0 Å².